The number of carbonyl (C=O) groups excluding carboxylic acids is 2. The monoisotopic (exact) mass is 335 g/mol. The van der Waals surface area contributed by atoms with Crippen LogP contribution in [0.25, 0.3) is 6.08 Å². The highest BCUT2D eigenvalue weighted by atomic mass is 32.2. The van der Waals surface area contributed by atoms with Gasteiger partial charge in [-0.15, -0.1) is 0 Å². The van der Waals surface area contributed by atoms with Crippen molar-refractivity contribution in [2.45, 2.75) is 26.7 Å². The van der Waals surface area contributed by atoms with E-state index in [0.29, 0.717) is 29.6 Å². The molecule has 1 aromatic rings. The Labute approximate surface area is 140 Å². The quantitative estimate of drug-likeness (QED) is 0.707. The van der Waals surface area contributed by atoms with Crippen molar-refractivity contribution in [1.82, 2.24) is 4.90 Å². The van der Waals surface area contributed by atoms with Crippen LogP contribution in [0.15, 0.2) is 23.1 Å². The molecule has 1 aromatic carbocycles. The van der Waals surface area contributed by atoms with Crippen molar-refractivity contribution in [1.29, 1.82) is 0 Å². The van der Waals surface area contributed by atoms with E-state index in [4.69, 9.17) is 9.47 Å². The largest absolute Gasteiger partial charge is 0.493 e. The summed E-state index contributed by atoms with van der Waals surface area (Å²) in [7, 11) is 1.57. The lowest BCUT2D eigenvalue weighted by molar-refractivity contribution is -0.122. The molecule has 124 valence electrons. The molecule has 0 atom stereocenters. The highest BCUT2D eigenvalue weighted by molar-refractivity contribution is 8.18. The Kier molecular flexibility index (Phi) is 6.10. The van der Waals surface area contributed by atoms with Gasteiger partial charge in [0, 0.05) is 6.54 Å². The zero-order valence-corrected chi connectivity index (χ0v) is 14.4. The summed E-state index contributed by atoms with van der Waals surface area (Å²) >= 11 is 0.981. The van der Waals surface area contributed by atoms with E-state index in [-0.39, 0.29) is 11.1 Å². The first kappa shape index (κ1) is 17.4. The van der Waals surface area contributed by atoms with Crippen LogP contribution in [0.2, 0.25) is 0 Å². The van der Waals surface area contributed by atoms with Crippen LogP contribution in [0.5, 0.6) is 11.5 Å². The number of ether oxygens (including phenoxy) is 2. The molecule has 1 saturated heterocycles. The van der Waals surface area contributed by atoms with Crippen molar-refractivity contribution in [2.75, 3.05) is 20.3 Å². The Balaban J connectivity index is 2.21. The van der Waals surface area contributed by atoms with Crippen LogP contribution in [0.1, 0.15) is 32.3 Å². The standard InChI is InChI=1S/C17H21NO4S/c1-4-6-9-18-16(19)15(23-17(18)20)11-12-7-8-13(22-5-2)14(10-12)21-3/h7-8,10-11H,4-6,9H2,1-3H3/b15-11-. The fraction of sp³-hybridized carbons (Fsp3) is 0.412. The summed E-state index contributed by atoms with van der Waals surface area (Å²) in [5, 5.41) is -0.201. The van der Waals surface area contributed by atoms with Crippen molar-refractivity contribution >= 4 is 29.0 Å². The Hall–Kier alpha value is -1.95. The van der Waals surface area contributed by atoms with Gasteiger partial charge in [-0.25, -0.2) is 0 Å². The molecule has 0 aromatic heterocycles. The number of nitrogens with zero attached hydrogens (tertiary/aromatic N) is 1. The number of rotatable bonds is 7. The Bertz CT molecular complexity index is 627. The van der Waals surface area contributed by atoms with Crippen molar-refractivity contribution < 1.29 is 19.1 Å². The molecule has 2 rings (SSSR count). The van der Waals surface area contributed by atoms with Gasteiger partial charge < -0.3 is 9.47 Å². The third-order valence-corrected chi connectivity index (χ3v) is 4.30. The van der Waals surface area contributed by atoms with Crippen LogP contribution in [0.4, 0.5) is 4.79 Å². The zero-order valence-electron chi connectivity index (χ0n) is 13.6. The third-order valence-electron chi connectivity index (χ3n) is 3.39. The number of hydrogen-bond donors (Lipinski definition) is 0. The lowest BCUT2D eigenvalue weighted by Crippen LogP contribution is -2.29. The number of benzene rings is 1. The van der Waals surface area contributed by atoms with E-state index in [1.165, 1.54) is 4.90 Å². The molecule has 0 radical (unpaired) electrons. The van der Waals surface area contributed by atoms with E-state index in [1.54, 1.807) is 25.3 Å². The predicted octanol–water partition coefficient (Wildman–Crippen LogP) is 3.93. The van der Waals surface area contributed by atoms with E-state index in [1.807, 2.05) is 19.9 Å². The number of methoxy groups -OCH3 is 1. The topological polar surface area (TPSA) is 55.8 Å². The maximum atomic E-state index is 12.3. The van der Waals surface area contributed by atoms with Gasteiger partial charge >= 0.3 is 0 Å². The summed E-state index contributed by atoms with van der Waals surface area (Å²) in [5.41, 5.74) is 0.797. The molecule has 23 heavy (non-hydrogen) atoms. The fourth-order valence-corrected chi connectivity index (χ4v) is 3.07. The van der Waals surface area contributed by atoms with Gasteiger partial charge in [-0.2, -0.15) is 0 Å². The molecule has 0 saturated carbocycles. The average Bonchev–Trinajstić information content (AvgIpc) is 2.81. The number of amides is 2. The highest BCUT2D eigenvalue weighted by Crippen LogP contribution is 2.34. The van der Waals surface area contributed by atoms with E-state index >= 15 is 0 Å². The van der Waals surface area contributed by atoms with E-state index in [2.05, 4.69) is 0 Å². The van der Waals surface area contributed by atoms with Gasteiger partial charge in [0.2, 0.25) is 0 Å². The van der Waals surface area contributed by atoms with Gasteiger partial charge in [-0.3, -0.25) is 14.5 Å². The normalized spacial score (nSPS) is 16.3. The van der Waals surface area contributed by atoms with Crippen molar-refractivity contribution in [3.63, 3.8) is 0 Å². The molecular formula is C17H21NO4S. The zero-order chi connectivity index (χ0) is 16.8. The molecule has 0 bridgehead atoms. The first-order valence-corrected chi connectivity index (χ1v) is 8.48. The minimum Gasteiger partial charge on any atom is -0.493 e. The maximum absolute atomic E-state index is 12.3. The summed E-state index contributed by atoms with van der Waals surface area (Å²) in [5.74, 6) is 1.04. The van der Waals surface area contributed by atoms with Crippen LogP contribution < -0.4 is 9.47 Å². The Morgan fingerprint density at radius 3 is 2.65 bits per heavy atom. The van der Waals surface area contributed by atoms with Gasteiger partial charge in [0.15, 0.2) is 11.5 Å². The number of imide groups is 1. The van der Waals surface area contributed by atoms with E-state index in [0.717, 1.165) is 30.2 Å². The average molecular weight is 335 g/mol. The number of hydrogen-bond acceptors (Lipinski definition) is 5. The van der Waals surface area contributed by atoms with Gasteiger partial charge in [-0.05, 0) is 48.9 Å². The van der Waals surface area contributed by atoms with Gasteiger partial charge in [0.1, 0.15) is 0 Å². The first-order valence-electron chi connectivity index (χ1n) is 7.66. The second-order valence-corrected chi connectivity index (χ2v) is 6.02. The second kappa shape index (κ2) is 8.06. The van der Waals surface area contributed by atoms with Gasteiger partial charge in [0.05, 0.1) is 18.6 Å². The molecule has 0 unspecified atom stereocenters. The van der Waals surface area contributed by atoms with Crippen molar-refractivity contribution in [2.24, 2.45) is 0 Å². The SMILES string of the molecule is CCCCN1C(=O)S/C(=C\c2ccc(OCC)c(OC)c2)C1=O. The minimum atomic E-state index is -0.221. The smallest absolute Gasteiger partial charge is 0.293 e. The Morgan fingerprint density at radius 2 is 2.00 bits per heavy atom. The van der Waals surface area contributed by atoms with Crippen molar-refractivity contribution in [3.8, 4) is 11.5 Å². The molecule has 1 aliphatic rings. The molecule has 0 aliphatic carbocycles. The summed E-state index contributed by atoms with van der Waals surface area (Å²) in [6.45, 7) is 4.96. The van der Waals surface area contributed by atoms with Crippen LogP contribution in [0, 0.1) is 0 Å². The van der Waals surface area contributed by atoms with Gasteiger partial charge in [-0.1, -0.05) is 19.4 Å². The molecule has 1 fully saturated rings. The maximum Gasteiger partial charge on any atom is 0.293 e. The van der Waals surface area contributed by atoms with E-state index < -0.39 is 0 Å². The van der Waals surface area contributed by atoms with Crippen LogP contribution in [-0.2, 0) is 4.79 Å². The van der Waals surface area contributed by atoms with Gasteiger partial charge in [0.25, 0.3) is 11.1 Å². The van der Waals surface area contributed by atoms with Crippen LogP contribution >= 0.6 is 11.8 Å². The highest BCUT2D eigenvalue weighted by Gasteiger charge is 2.34. The Morgan fingerprint density at radius 1 is 1.22 bits per heavy atom. The molecule has 6 heteroatoms. The molecule has 1 aliphatic heterocycles. The molecular weight excluding hydrogens is 314 g/mol. The number of unbranched alkanes of at least 4 members (excludes halogenated alkanes) is 1. The predicted molar refractivity (Wildman–Crippen MR) is 91.7 cm³/mol. The number of thioether (sulfide) groups is 1. The first-order chi connectivity index (χ1) is 11.1. The van der Waals surface area contributed by atoms with Crippen LogP contribution in [-0.4, -0.2) is 36.3 Å². The lowest BCUT2D eigenvalue weighted by Gasteiger charge is -2.11. The van der Waals surface area contributed by atoms with Crippen LogP contribution in [0.3, 0.4) is 0 Å². The summed E-state index contributed by atoms with van der Waals surface area (Å²) in [6, 6.07) is 5.44. The fourth-order valence-electron chi connectivity index (χ4n) is 2.21. The van der Waals surface area contributed by atoms with Crippen molar-refractivity contribution in [3.05, 3.63) is 28.7 Å². The molecule has 2 amide bonds. The minimum absolute atomic E-state index is 0.201. The third kappa shape index (κ3) is 4.07. The summed E-state index contributed by atoms with van der Waals surface area (Å²) < 4.78 is 10.8. The molecule has 0 spiro atoms. The summed E-state index contributed by atoms with van der Waals surface area (Å²) in [4.78, 5) is 26.0. The second-order valence-electron chi connectivity index (χ2n) is 5.03. The molecule has 1 heterocycles. The molecule has 0 N–H and O–H groups in total. The summed E-state index contributed by atoms with van der Waals surface area (Å²) in [6.07, 6.45) is 3.48. The van der Waals surface area contributed by atoms with E-state index in [9.17, 15) is 9.59 Å². The molecule has 5 nitrogen and oxygen atoms in total. The lowest BCUT2D eigenvalue weighted by atomic mass is 10.2. The number of carbonyl (C=O) groups is 2.